The summed E-state index contributed by atoms with van der Waals surface area (Å²) in [5.41, 5.74) is 2.47. The van der Waals surface area contributed by atoms with Gasteiger partial charge in [-0.25, -0.2) is 8.42 Å². The molecule has 0 amide bonds. The molecule has 0 spiro atoms. The lowest BCUT2D eigenvalue weighted by atomic mass is 10.2. The Labute approximate surface area is 234 Å². The fourth-order valence-corrected chi connectivity index (χ4v) is 5.30. The second kappa shape index (κ2) is 12.1. The zero-order valence-corrected chi connectivity index (χ0v) is 22.4. The Balaban J connectivity index is 1.40. The van der Waals surface area contributed by atoms with Crippen molar-refractivity contribution in [2.24, 2.45) is 0 Å². The van der Waals surface area contributed by atoms with Crippen LogP contribution in [0.3, 0.4) is 0 Å². The van der Waals surface area contributed by atoms with Gasteiger partial charge in [0.2, 0.25) is 9.84 Å². The lowest BCUT2D eigenvalue weighted by Crippen LogP contribution is -2.08. The van der Waals surface area contributed by atoms with Crippen LogP contribution in [0.4, 0.5) is 22.7 Å². The molecule has 0 saturated heterocycles. The van der Waals surface area contributed by atoms with Crippen LogP contribution in [0.5, 0.6) is 0 Å². The summed E-state index contributed by atoms with van der Waals surface area (Å²) in [5.74, 6) is 0. The van der Waals surface area contributed by atoms with Crippen LogP contribution in [0, 0.1) is 10.4 Å². The van der Waals surface area contributed by atoms with E-state index in [2.05, 4.69) is 10.6 Å². The highest BCUT2D eigenvalue weighted by Crippen LogP contribution is 2.27. The molecular weight excluding hydrogens is 567 g/mol. The molecule has 13 heteroatoms. The van der Waals surface area contributed by atoms with E-state index in [0.29, 0.717) is 32.5 Å². The van der Waals surface area contributed by atoms with Gasteiger partial charge >= 0.3 is 0 Å². The second-order valence-corrected chi connectivity index (χ2v) is 11.1. The van der Waals surface area contributed by atoms with Crippen molar-refractivity contribution < 1.29 is 18.8 Å². The van der Waals surface area contributed by atoms with Crippen LogP contribution in [0.25, 0.3) is 0 Å². The minimum absolute atomic E-state index is 0.0362. The molecule has 4 N–H and O–H groups in total. The highest BCUT2D eigenvalue weighted by molar-refractivity contribution is 7.91. The van der Waals surface area contributed by atoms with E-state index in [1.54, 1.807) is 24.3 Å². The van der Waals surface area contributed by atoms with Gasteiger partial charge in [-0.15, -0.1) is 0 Å². The van der Waals surface area contributed by atoms with E-state index < -0.39 is 9.84 Å². The first-order chi connectivity index (χ1) is 18.5. The average molecular weight is 589 g/mol. The zero-order valence-electron chi connectivity index (χ0n) is 20.1. The van der Waals surface area contributed by atoms with E-state index >= 15 is 0 Å². The van der Waals surface area contributed by atoms with Crippen molar-refractivity contribution >= 4 is 55.8 Å². The van der Waals surface area contributed by atoms with Gasteiger partial charge in [-0.05, 0) is 96.1 Å². The molecule has 0 aliphatic heterocycles. The topological polar surface area (TPSA) is 151 Å². The van der Waals surface area contributed by atoms with Gasteiger partial charge in [-0.2, -0.15) is 0 Å². The van der Waals surface area contributed by atoms with Crippen LogP contribution in [-0.4, -0.2) is 18.8 Å². The third-order valence-corrected chi connectivity index (χ3v) is 8.32. The quantitative estimate of drug-likeness (QED) is 0.152. The summed E-state index contributed by atoms with van der Waals surface area (Å²) in [6, 6.07) is 21.0. The van der Waals surface area contributed by atoms with Gasteiger partial charge in [-0.3, -0.25) is 10.4 Å². The zero-order chi connectivity index (χ0) is 28.2. The van der Waals surface area contributed by atoms with Crippen molar-refractivity contribution in [1.82, 2.24) is 0 Å². The van der Waals surface area contributed by atoms with Gasteiger partial charge in [0.1, 0.15) is 0 Å². The van der Waals surface area contributed by atoms with Gasteiger partial charge in [0.15, 0.2) is 0 Å². The Morgan fingerprint density at radius 1 is 0.641 bits per heavy atom. The van der Waals surface area contributed by atoms with Crippen LogP contribution in [0.15, 0.2) is 94.7 Å². The SMILES string of the molecule is O=S(=O)(c1ccc(NCc2cc(N([O-])O)ccc2Cl)cc1)c1ccc(NCc2cc(N([O-])O)ccc2Cl)cc1. The Bertz CT molecular complexity index is 1440. The first-order valence-electron chi connectivity index (χ1n) is 11.4. The molecule has 0 unspecified atom stereocenters. The molecule has 4 rings (SSSR count). The third kappa shape index (κ3) is 6.91. The molecule has 4 aromatic rings. The maximum atomic E-state index is 13.1. The maximum Gasteiger partial charge on any atom is 0.206 e. The van der Waals surface area contributed by atoms with E-state index in [1.165, 1.54) is 60.7 Å². The predicted molar refractivity (Wildman–Crippen MR) is 151 cm³/mol. The van der Waals surface area contributed by atoms with Gasteiger partial charge in [0, 0.05) is 34.5 Å². The Kier molecular flexibility index (Phi) is 8.83. The number of nitrogens with one attached hydrogen (secondary N) is 2. The minimum atomic E-state index is -3.78. The average Bonchev–Trinajstić information content (AvgIpc) is 2.92. The lowest BCUT2D eigenvalue weighted by Gasteiger charge is -2.22. The smallest absolute Gasteiger partial charge is 0.206 e. The number of hydrogen-bond donors (Lipinski definition) is 4. The fourth-order valence-electron chi connectivity index (χ4n) is 3.67. The van der Waals surface area contributed by atoms with Crippen LogP contribution in [-0.2, 0) is 22.9 Å². The molecule has 0 radical (unpaired) electrons. The molecule has 0 fully saturated rings. The highest BCUT2D eigenvalue weighted by atomic mass is 35.5. The van der Waals surface area contributed by atoms with Gasteiger partial charge in [-0.1, -0.05) is 23.2 Å². The van der Waals surface area contributed by atoms with Crippen LogP contribution >= 0.6 is 23.2 Å². The molecule has 204 valence electrons. The maximum absolute atomic E-state index is 13.1. The second-order valence-electron chi connectivity index (χ2n) is 8.36. The molecule has 0 aliphatic carbocycles. The van der Waals surface area contributed by atoms with E-state index in [4.69, 9.17) is 33.6 Å². The number of hydrogen-bond acceptors (Lipinski definition) is 10. The van der Waals surface area contributed by atoms with Gasteiger partial charge in [0.25, 0.3) is 0 Å². The number of sulfone groups is 1. The number of anilines is 4. The normalized spacial score (nSPS) is 11.2. The van der Waals surface area contributed by atoms with Crippen molar-refractivity contribution in [2.75, 3.05) is 21.1 Å². The highest BCUT2D eigenvalue weighted by Gasteiger charge is 2.17. The monoisotopic (exact) mass is 588 g/mol. The fraction of sp³-hybridized carbons (Fsp3) is 0.0769. The van der Waals surface area contributed by atoms with E-state index in [0.717, 1.165) is 0 Å². The van der Waals surface area contributed by atoms with Crippen molar-refractivity contribution in [3.05, 3.63) is 117 Å². The summed E-state index contributed by atoms with van der Waals surface area (Å²) in [5, 5.41) is 46.9. The molecule has 0 heterocycles. The van der Waals surface area contributed by atoms with Gasteiger partial charge < -0.3 is 31.5 Å². The standard InChI is InChI=1S/C26H22Cl2N4O6S/c27-25-11-5-21(31(33)34)13-17(25)15-29-19-1-7-23(8-2-19)39(37,38)24-9-3-20(4-10-24)30-16-18-14-22(32(35)36)6-12-26(18)28/h1-14,29-30,33,35H,15-16H2/q-2. The minimum Gasteiger partial charge on any atom is -0.733 e. The summed E-state index contributed by atoms with van der Waals surface area (Å²) < 4.78 is 26.2. The van der Waals surface area contributed by atoms with Crippen LogP contribution in [0.2, 0.25) is 10.0 Å². The van der Waals surface area contributed by atoms with Crippen LogP contribution < -0.4 is 21.1 Å². The number of rotatable bonds is 10. The summed E-state index contributed by atoms with van der Waals surface area (Å²) in [6.45, 7) is 0.484. The van der Waals surface area contributed by atoms with Crippen molar-refractivity contribution in [3.63, 3.8) is 0 Å². The van der Waals surface area contributed by atoms with Crippen molar-refractivity contribution in [3.8, 4) is 0 Å². The number of nitrogens with zero attached hydrogens (tertiary/aromatic N) is 2. The largest absolute Gasteiger partial charge is 0.733 e. The molecule has 4 aromatic carbocycles. The van der Waals surface area contributed by atoms with Gasteiger partial charge in [0.05, 0.1) is 21.2 Å². The number of halogens is 2. The lowest BCUT2D eigenvalue weighted by molar-refractivity contribution is 0.296. The molecule has 0 bridgehead atoms. The first-order valence-corrected chi connectivity index (χ1v) is 13.6. The van der Waals surface area contributed by atoms with Crippen molar-refractivity contribution in [1.29, 1.82) is 0 Å². The summed E-state index contributed by atoms with van der Waals surface area (Å²) in [7, 11) is -3.78. The van der Waals surface area contributed by atoms with E-state index in [-0.39, 0.29) is 44.7 Å². The summed E-state index contributed by atoms with van der Waals surface area (Å²) >= 11 is 12.3. The van der Waals surface area contributed by atoms with E-state index in [1.807, 2.05) is 0 Å². The predicted octanol–water partition coefficient (Wildman–Crippen LogP) is 6.44. The van der Waals surface area contributed by atoms with Crippen LogP contribution in [0.1, 0.15) is 11.1 Å². The molecule has 0 atom stereocenters. The van der Waals surface area contributed by atoms with Crippen molar-refractivity contribution in [2.45, 2.75) is 22.9 Å². The molecule has 10 nitrogen and oxygen atoms in total. The number of benzene rings is 4. The summed E-state index contributed by atoms with van der Waals surface area (Å²) in [6.07, 6.45) is 0. The molecule has 39 heavy (non-hydrogen) atoms. The molecule has 0 aliphatic rings. The Hall–Kier alpha value is -3.55. The first kappa shape index (κ1) is 28.5. The molecular formula is C26H22Cl2N4O6S-2. The molecule has 0 aromatic heterocycles. The summed E-state index contributed by atoms with van der Waals surface area (Å²) in [4.78, 5) is 0.205. The third-order valence-electron chi connectivity index (χ3n) is 5.80. The molecule has 0 saturated carbocycles. The Morgan fingerprint density at radius 3 is 1.33 bits per heavy atom. The van der Waals surface area contributed by atoms with E-state index in [9.17, 15) is 18.8 Å². The Morgan fingerprint density at radius 2 is 1.00 bits per heavy atom.